The van der Waals surface area contributed by atoms with Gasteiger partial charge in [0.05, 0.1) is 5.92 Å². The van der Waals surface area contributed by atoms with Crippen LogP contribution in [0.25, 0.3) is 0 Å². The molecule has 17 heavy (non-hydrogen) atoms. The highest BCUT2D eigenvalue weighted by Gasteiger charge is 2.19. The molecule has 1 amide bonds. The van der Waals surface area contributed by atoms with Gasteiger partial charge in [-0.3, -0.25) is 4.79 Å². The Kier molecular flexibility index (Phi) is 5.10. The Labute approximate surface area is 102 Å². The summed E-state index contributed by atoms with van der Waals surface area (Å²) in [5.41, 5.74) is 0.714. The van der Waals surface area contributed by atoms with Crippen molar-refractivity contribution in [1.82, 2.24) is 10.2 Å². The SMILES string of the molecule is CNCCN(C)C(=O)C(C)c1cccc(F)c1. The van der Waals surface area contributed by atoms with E-state index in [1.165, 1.54) is 12.1 Å². The van der Waals surface area contributed by atoms with Gasteiger partial charge in [0.1, 0.15) is 5.82 Å². The average molecular weight is 238 g/mol. The summed E-state index contributed by atoms with van der Waals surface area (Å²) in [6, 6.07) is 6.19. The molecule has 1 rings (SSSR count). The average Bonchev–Trinajstić information content (AvgIpc) is 2.34. The van der Waals surface area contributed by atoms with Gasteiger partial charge in [0, 0.05) is 20.1 Å². The maximum Gasteiger partial charge on any atom is 0.229 e. The summed E-state index contributed by atoms with van der Waals surface area (Å²) in [7, 11) is 3.60. The highest BCUT2D eigenvalue weighted by molar-refractivity contribution is 5.83. The van der Waals surface area contributed by atoms with Gasteiger partial charge in [0.15, 0.2) is 0 Å². The smallest absolute Gasteiger partial charge is 0.229 e. The van der Waals surface area contributed by atoms with Crippen molar-refractivity contribution in [2.75, 3.05) is 27.2 Å². The fraction of sp³-hybridized carbons (Fsp3) is 0.462. The normalized spacial score (nSPS) is 12.2. The van der Waals surface area contributed by atoms with E-state index in [1.807, 2.05) is 7.05 Å². The third kappa shape index (κ3) is 3.82. The number of nitrogens with one attached hydrogen (secondary N) is 1. The molecular formula is C13H19FN2O. The van der Waals surface area contributed by atoms with Crippen LogP contribution in [0.1, 0.15) is 18.4 Å². The third-order valence-corrected chi connectivity index (χ3v) is 2.79. The molecule has 0 radical (unpaired) electrons. The van der Waals surface area contributed by atoms with E-state index >= 15 is 0 Å². The predicted molar refractivity (Wildman–Crippen MR) is 66.4 cm³/mol. The van der Waals surface area contributed by atoms with Crippen molar-refractivity contribution in [2.45, 2.75) is 12.8 Å². The van der Waals surface area contributed by atoms with E-state index in [4.69, 9.17) is 0 Å². The molecule has 0 aromatic heterocycles. The van der Waals surface area contributed by atoms with Gasteiger partial charge < -0.3 is 10.2 Å². The molecule has 0 saturated carbocycles. The van der Waals surface area contributed by atoms with E-state index in [9.17, 15) is 9.18 Å². The Morgan fingerprint density at radius 3 is 2.82 bits per heavy atom. The first-order chi connectivity index (χ1) is 8.06. The Morgan fingerprint density at radius 1 is 1.53 bits per heavy atom. The lowest BCUT2D eigenvalue weighted by atomic mass is 10.00. The second-order valence-electron chi connectivity index (χ2n) is 4.14. The lowest BCUT2D eigenvalue weighted by molar-refractivity contribution is -0.131. The summed E-state index contributed by atoms with van der Waals surface area (Å²) in [6.07, 6.45) is 0. The summed E-state index contributed by atoms with van der Waals surface area (Å²) in [5, 5.41) is 2.99. The first-order valence-electron chi connectivity index (χ1n) is 5.71. The monoisotopic (exact) mass is 238 g/mol. The van der Waals surface area contributed by atoms with Crippen molar-refractivity contribution in [3.05, 3.63) is 35.6 Å². The number of hydrogen-bond acceptors (Lipinski definition) is 2. The van der Waals surface area contributed by atoms with Crippen LogP contribution in [0.2, 0.25) is 0 Å². The minimum absolute atomic E-state index is 0.00542. The number of halogens is 1. The summed E-state index contributed by atoms with van der Waals surface area (Å²) in [6.45, 7) is 3.19. The van der Waals surface area contributed by atoms with E-state index in [1.54, 1.807) is 31.0 Å². The first-order valence-corrected chi connectivity index (χ1v) is 5.71. The van der Waals surface area contributed by atoms with Crippen LogP contribution < -0.4 is 5.32 Å². The number of rotatable bonds is 5. The fourth-order valence-electron chi connectivity index (χ4n) is 1.64. The van der Waals surface area contributed by atoms with Gasteiger partial charge in [-0.2, -0.15) is 0 Å². The second kappa shape index (κ2) is 6.35. The van der Waals surface area contributed by atoms with Gasteiger partial charge in [0.2, 0.25) is 5.91 Å². The second-order valence-corrected chi connectivity index (χ2v) is 4.14. The molecule has 0 bridgehead atoms. The molecule has 0 aliphatic heterocycles. The molecule has 1 aromatic carbocycles. The van der Waals surface area contributed by atoms with Crippen molar-refractivity contribution in [3.63, 3.8) is 0 Å². The molecule has 0 aliphatic rings. The largest absolute Gasteiger partial charge is 0.344 e. The molecular weight excluding hydrogens is 219 g/mol. The summed E-state index contributed by atoms with van der Waals surface area (Å²) in [5.74, 6) is -0.613. The van der Waals surface area contributed by atoms with Gasteiger partial charge in [-0.25, -0.2) is 4.39 Å². The first kappa shape index (κ1) is 13.6. The predicted octanol–water partition coefficient (Wildman–Crippen LogP) is 1.61. The molecule has 0 saturated heterocycles. The highest BCUT2D eigenvalue weighted by atomic mass is 19.1. The van der Waals surface area contributed by atoms with Gasteiger partial charge in [-0.1, -0.05) is 12.1 Å². The van der Waals surface area contributed by atoms with Gasteiger partial charge in [-0.05, 0) is 31.7 Å². The Hall–Kier alpha value is -1.42. The van der Waals surface area contributed by atoms with Crippen LogP contribution in [0.5, 0.6) is 0 Å². The molecule has 1 atom stereocenters. The minimum Gasteiger partial charge on any atom is -0.344 e. The van der Waals surface area contributed by atoms with Crippen molar-refractivity contribution < 1.29 is 9.18 Å². The van der Waals surface area contributed by atoms with Crippen molar-refractivity contribution in [3.8, 4) is 0 Å². The molecule has 1 N–H and O–H groups in total. The number of amides is 1. The van der Waals surface area contributed by atoms with E-state index < -0.39 is 0 Å². The van der Waals surface area contributed by atoms with E-state index in [0.717, 1.165) is 6.54 Å². The number of benzene rings is 1. The number of hydrogen-bond donors (Lipinski definition) is 1. The minimum atomic E-state index is -0.312. The topological polar surface area (TPSA) is 32.3 Å². The van der Waals surface area contributed by atoms with E-state index in [-0.39, 0.29) is 17.6 Å². The number of nitrogens with zero attached hydrogens (tertiary/aromatic N) is 1. The Morgan fingerprint density at radius 2 is 2.24 bits per heavy atom. The standard InChI is InChI=1S/C13H19FN2O/c1-10(11-5-4-6-12(14)9-11)13(17)16(3)8-7-15-2/h4-6,9-10,15H,7-8H2,1-3H3. The molecule has 4 heteroatoms. The van der Waals surface area contributed by atoms with Crippen LogP contribution >= 0.6 is 0 Å². The van der Waals surface area contributed by atoms with Crippen molar-refractivity contribution in [2.24, 2.45) is 0 Å². The third-order valence-electron chi connectivity index (χ3n) is 2.79. The van der Waals surface area contributed by atoms with Crippen LogP contribution in [-0.2, 0) is 4.79 Å². The summed E-state index contributed by atoms with van der Waals surface area (Å²) < 4.78 is 13.1. The molecule has 3 nitrogen and oxygen atoms in total. The molecule has 0 spiro atoms. The van der Waals surface area contributed by atoms with Gasteiger partial charge in [-0.15, -0.1) is 0 Å². The summed E-state index contributed by atoms with van der Waals surface area (Å²) in [4.78, 5) is 13.7. The van der Waals surface area contributed by atoms with Gasteiger partial charge >= 0.3 is 0 Å². The van der Waals surface area contributed by atoms with Crippen LogP contribution in [0.3, 0.4) is 0 Å². The Bertz CT molecular complexity index is 381. The molecule has 94 valence electrons. The lowest BCUT2D eigenvalue weighted by Gasteiger charge is -2.21. The number of likely N-dealkylation sites (N-methyl/N-ethyl adjacent to an activating group) is 2. The molecule has 1 aromatic rings. The molecule has 0 aliphatic carbocycles. The van der Waals surface area contributed by atoms with Crippen LogP contribution in [0.15, 0.2) is 24.3 Å². The van der Waals surface area contributed by atoms with E-state index in [0.29, 0.717) is 12.1 Å². The van der Waals surface area contributed by atoms with Crippen LogP contribution in [0.4, 0.5) is 4.39 Å². The molecule has 1 unspecified atom stereocenters. The van der Waals surface area contributed by atoms with Gasteiger partial charge in [0.25, 0.3) is 0 Å². The maximum atomic E-state index is 13.1. The van der Waals surface area contributed by atoms with Crippen molar-refractivity contribution >= 4 is 5.91 Å². The summed E-state index contributed by atoms with van der Waals surface area (Å²) >= 11 is 0. The van der Waals surface area contributed by atoms with Crippen LogP contribution in [-0.4, -0.2) is 38.0 Å². The number of carbonyl (C=O) groups is 1. The maximum absolute atomic E-state index is 13.1. The number of carbonyl (C=O) groups excluding carboxylic acids is 1. The highest BCUT2D eigenvalue weighted by Crippen LogP contribution is 2.18. The fourth-order valence-corrected chi connectivity index (χ4v) is 1.64. The zero-order valence-corrected chi connectivity index (χ0v) is 10.5. The molecule has 0 heterocycles. The molecule has 0 fully saturated rings. The quantitative estimate of drug-likeness (QED) is 0.845. The van der Waals surface area contributed by atoms with E-state index in [2.05, 4.69) is 5.32 Å². The lowest BCUT2D eigenvalue weighted by Crippen LogP contribution is -2.35. The Balaban J connectivity index is 2.69. The van der Waals surface area contributed by atoms with Crippen molar-refractivity contribution in [1.29, 1.82) is 0 Å². The zero-order valence-electron chi connectivity index (χ0n) is 10.5. The van der Waals surface area contributed by atoms with Crippen LogP contribution in [0, 0.1) is 5.82 Å². The zero-order chi connectivity index (χ0) is 12.8.